The van der Waals surface area contributed by atoms with E-state index in [2.05, 4.69) is 35.3 Å². The predicted octanol–water partition coefficient (Wildman–Crippen LogP) is 3.41. The van der Waals surface area contributed by atoms with E-state index in [0.717, 1.165) is 55.3 Å². The lowest BCUT2D eigenvalue weighted by Gasteiger charge is -2.47. The lowest BCUT2D eigenvalue weighted by atomic mass is 9.71. The summed E-state index contributed by atoms with van der Waals surface area (Å²) in [6.07, 6.45) is 8.74. The van der Waals surface area contributed by atoms with Crippen molar-refractivity contribution in [2.24, 2.45) is 5.41 Å². The van der Waals surface area contributed by atoms with Gasteiger partial charge in [0.05, 0.1) is 5.70 Å². The van der Waals surface area contributed by atoms with E-state index in [1.54, 1.807) is 6.92 Å². The maximum Gasteiger partial charge on any atom is 0.219 e. The summed E-state index contributed by atoms with van der Waals surface area (Å²) in [5.41, 5.74) is 8.23. The van der Waals surface area contributed by atoms with Crippen molar-refractivity contribution >= 4 is 17.5 Å². The van der Waals surface area contributed by atoms with E-state index in [9.17, 15) is 4.79 Å². The van der Waals surface area contributed by atoms with Crippen LogP contribution in [0.25, 0.3) is 0 Å². The summed E-state index contributed by atoms with van der Waals surface area (Å²) in [5.74, 6) is 0.214. The maximum absolute atomic E-state index is 11.6. The van der Waals surface area contributed by atoms with Crippen molar-refractivity contribution in [3.05, 3.63) is 35.0 Å². The molecule has 152 valence electrons. The predicted molar refractivity (Wildman–Crippen MR) is 113 cm³/mol. The number of hydrogen-bond donors (Lipinski definition) is 2. The molecule has 0 aromatic heterocycles. The quantitative estimate of drug-likeness (QED) is 0.535. The van der Waals surface area contributed by atoms with E-state index in [0.29, 0.717) is 11.5 Å². The number of piperidine rings is 2. The van der Waals surface area contributed by atoms with Crippen molar-refractivity contribution in [3.63, 3.8) is 0 Å². The first-order valence-corrected chi connectivity index (χ1v) is 10.3. The Kier molecular flexibility index (Phi) is 7.95. The monoisotopic (exact) mass is 394 g/mol. The molecule has 0 bridgehead atoms. The van der Waals surface area contributed by atoms with Crippen molar-refractivity contribution in [3.8, 4) is 0 Å². The van der Waals surface area contributed by atoms with Gasteiger partial charge in [-0.15, -0.1) is 0 Å². The number of carbonyl (C=O) groups is 1. The Bertz CT molecular complexity index is 595. The summed E-state index contributed by atoms with van der Waals surface area (Å²) in [5, 5.41) is 0.721. The Labute approximate surface area is 169 Å². The molecule has 6 heteroatoms. The molecule has 0 aromatic rings. The van der Waals surface area contributed by atoms with Gasteiger partial charge in [-0.3, -0.25) is 9.69 Å². The van der Waals surface area contributed by atoms with Crippen LogP contribution in [0.4, 0.5) is 0 Å². The van der Waals surface area contributed by atoms with Gasteiger partial charge in [0, 0.05) is 38.1 Å². The van der Waals surface area contributed by atoms with Crippen LogP contribution in [-0.4, -0.2) is 55.0 Å². The first-order chi connectivity index (χ1) is 12.8. The minimum absolute atomic E-state index is 0.214. The van der Waals surface area contributed by atoms with Crippen molar-refractivity contribution in [1.82, 2.24) is 20.7 Å². The van der Waals surface area contributed by atoms with Crippen LogP contribution < -0.4 is 10.9 Å². The Morgan fingerprint density at radius 1 is 1.15 bits per heavy atom. The lowest BCUT2D eigenvalue weighted by molar-refractivity contribution is -0.131. The molecule has 2 saturated heterocycles. The average molecular weight is 395 g/mol. The van der Waals surface area contributed by atoms with E-state index < -0.39 is 0 Å². The number of carbonyl (C=O) groups excluding carboxylic acids is 1. The highest BCUT2D eigenvalue weighted by Crippen LogP contribution is 2.41. The fraction of sp³-hybridized carbons (Fsp3) is 0.667. The molecule has 2 fully saturated rings. The van der Waals surface area contributed by atoms with Gasteiger partial charge in [-0.1, -0.05) is 18.2 Å². The van der Waals surface area contributed by atoms with Crippen LogP contribution in [0.15, 0.2) is 35.0 Å². The van der Waals surface area contributed by atoms with Crippen LogP contribution in [0.2, 0.25) is 0 Å². The van der Waals surface area contributed by atoms with E-state index >= 15 is 0 Å². The molecule has 0 aliphatic carbocycles. The van der Waals surface area contributed by atoms with Crippen LogP contribution in [0.5, 0.6) is 0 Å². The van der Waals surface area contributed by atoms with Crippen LogP contribution in [0, 0.1) is 5.41 Å². The van der Waals surface area contributed by atoms with E-state index in [-0.39, 0.29) is 5.91 Å². The normalized spacial score (nSPS) is 22.6. The lowest BCUT2D eigenvalue weighted by Crippen LogP contribution is -2.49. The number of hydrazine groups is 1. The molecule has 1 atom stereocenters. The number of likely N-dealkylation sites (tertiary alicyclic amines) is 2. The molecule has 5 nitrogen and oxygen atoms in total. The zero-order chi connectivity index (χ0) is 20.0. The number of hydrogen-bond acceptors (Lipinski definition) is 4. The van der Waals surface area contributed by atoms with Crippen LogP contribution in [-0.2, 0) is 4.79 Å². The van der Waals surface area contributed by atoms with Gasteiger partial charge in [0.25, 0.3) is 0 Å². The molecule has 2 aliphatic heterocycles. The first-order valence-electron chi connectivity index (χ1n) is 9.93. The minimum Gasteiger partial charge on any atom is -0.343 e. The molecular weight excluding hydrogens is 360 g/mol. The van der Waals surface area contributed by atoms with Gasteiger partial charge in [0.2, 0.25) is 5.91 Å². The van der Waals surface area contributed by atoms with Crippen molar-refractivity contribution in [1.29, 1.82) is 0 Å². The van der Waals surface area contributed by atoms with Gasteiger partial charge in [0.1, 0.15) is 0 Å². The molecule has 1 amide bonds. The minimum atomic E-state index is 0.214. The summed E-state index contributed by atoms with van der Waals surface area (Å²) >= 11 is 6.47. The van der Waals surface area contributed by atoms with Crippen molar-refractivity contribution in [2.75, 3.05) is 33.2 Å². The number of nitrogens with zero attached hydrogens (tertiary/aromatic N) is 2. The summed E-state index contributed by atoms with van der Waals surface area (Å²) in [7, 11) is 1.82. The second kappa shape index (κ2) is 9.76. The van der Waals surface area contributed by atoms with E-state index in [4.69, 9.17) is 11.6 Å². The standard InChI is InChI=1S/C21H35ClN4O/c1-16(2)20(24-23-5)15-19(22)14-17(3)25-10-6-21(7-11-25)8-12-26(13-9-21)18(4)27/h14-15,17,23-24H,1,6-13H2,2-5H3/b19-14+,20-15+. The molecule has 1 unspecified atom stereocenters. The highest BCUT2D eigenvalue weighted by Gasteiger charge is 2.38. The summed E-state index contributed by atoms with van der Waals surface area (Å²) in [6, 6.07) is 0.296. The molecule has 0 radical (unpaired) electrons. The number of halogens is 1. The third-order valence-electron chi connectivity index (χ3n) is 6.11. The van der Waals surface area contributed by atoms with Gasteiger partial charge in [0.15, 0.2) is 0 Å². The Hall–Kier alpha value is -1.30. The van der Waals surface area contributed by atoms with Crippen LogP contribution in [0.1, 0.15) is 46.5 Å². The maximum atomic E-state index is 11.6. The molecule has 0 aromatic carbocycles. The second-order valence-electron chi connectivity index (χ2n) is 8.05. The highest BCUT2D eigenvalue weighted by molar-refractivity contribution is 6.31. The van der Waals surface area contributed by atoms with E-state index in [1.165, 1.54) is 12.8 Å². The highest BCUT2D eigenvalue weighted by atomic mass is 35.5. The molecule has 1 spiro atoms. The van der Waals surface area contributed by atoms with Gasteiger partial charge >= 0.3 is 0 Å². The Morgan fingerprint density at radius 2 is 1.70 bits per heavy atom. The number of nitrogens with one attached hydrogen (secondary N) is 2. The fourth-order valence-corrected chi connectivity index (χ4v) is 4.42. The van der Waals surface area contributed by atoms with Crippen LogP contribution in [0.3, 0.4) is 0 Å². The second-order valence-corrected chi connectivity index (χ2v) is 8.48. The smallest absolute Gasteiger partial charge is 0.219 e. The Balaban J connectivity index is 1.91. The van der Waals surface area contributed by atoms with Gasteiger partial charge < -0.3 is 10.3 Å². The van der Waals surface area contributed by atoms with Crippen molar-refractivity contribution in [2.45, 2.75) is 52.5 Å². The number of amides is 1. The van der Waals surface area contributed by atoms with Crippen molar-refractivity contribution < 1.29 is 4.79 Å². The Morgan fingerprint density at radius 3 is 2.19 bits per heavy atom. The third-order valence-corrected chi connectivity index (χ3v) is 6.34. The SMILES string of the molecule is C=C(C)/C(=C\C(Cl)=C/C(C)N1CCC2(CCN(C(C)=O)CC2)CC1)NNC. The summed E-state index contributed by atoms with van der Waals surface area (Å²) < 4.78 is 0. The van der Waals surface area contributed by atoms with Crippen LogP contribution >= 0.6 is 11.6 Å². The fourth-order valence-electron chi connectivity index (χ4n) is 4.12. The topological polar surface area (TPSA) is 47.6 Å². The molecule has 2 aliphatic rings. The van der Waals surface area contributed by atoms with Gasteiger partial charge in [-0.05, 0) is 75.8 Å². The third kappa shape index (κ3) is 6.09. The van der Waals surface area contributed by atoms with Gasteiger partial charge in [-0.2, -0.15) is 0 Å². The zero-order valence-corrected chi connectivity index (χ0v) is 18.0. The molecule has 2 rings (SSSR count). The van der Waals surface area contributed by atoms with Gasteiger partial charge in [-0.25, -0.2) is 5.43 Å². The molecular formula is C21H35ClN4O. The summed E-state index contributed by atoms with van der Waals surface area (Å²) in [6.45, 7) is 13.8. The summed E-state index contributed by atoms with van der Waals surface area (Å²) in [4.78, 5) is 16.1. The first kappa shape index (κ1) is 22.0. The molecule has 2 heterocycles. The molecule has 0 saturated carbocycles. The molecule has 2 N–H and O–H groups in total. The average Bonchev–Trinajstić information content (AvgIpc) is 2.62. The number of allylic oxidation sites excluding steroid dienone is 3. The zero-order valence-electron chi connectivity index (χ0n) is 17.3. The largest absolute Gasteiger partial charge is 0.343 e. The number of rotatable bonds is 6. The molecule has 27 heavy (non-hydrogen) atoms. The van der Waals surface area contributed by atoms with E-state index in [1.807, 2.05) is 24.9 Å².